The highest BCUT2D eigenvalue weighted by Crippen LogP contribution is 2.00. The number of carbonyl (C=O) groups is 1. The molecular formula is C15H14NO+. The number of Topliss-reactive ketones (excluding diaryl/α,β-unsaturated/α-hetero) is 1. The molecule has 0 spiro atoms. The van der Waals surface area contributed by atoms with Crippen LogP contribution >= 0.6 is 0 Å². The summed E-state index contributed by atoms with van der Waals surface area (Å²) < 4.78 is 1.86. The molecule has 0 bridgehead atoms. The van der Waals surface area contributed by atoms with Crippen LogP contribution in [0.5, 0.6) is 0 Å². The molecule has 17 heavy (non-hydrogen) atoms. The second-order valence-electron chi connectivity index (χ2n) is 3.80. The number of carbonyl (C=O) groups excluding carboxylic acids is 1. The van der Waals surface area contributed by atoms with Crippen LogP contribution in [0, 0.1) is 0 Å². The van der Waals surface area contributed by atoms with Gasteiger partial charge in [0.05, 0.1) is 0 Å². The van der Waals surface area contributed by atoms with Crippen LogP contribution in [0.4, 0.5) is 0 Å². The molecule has 2 rings (SSSR count). The van der Waals surface area contributed by atoms with E-state index in [4.69, 9.17) is 0 Å². The van der Waals surface area contributed by atoms with Gasteiger partial charge in [-0.25, -0.2) is 0 Å². The van der Waals surface area contributed by atoms with E-state index in [0.717, 1.165) is 11.1 Å². The molecule has 0 saturated heterocycles. The lowest BCUT2D eigenvalue weighted by molar-refractivity contribution is -0.683. The van der Waals surface area contributed by atoms with E-state index in [0.29, 0.717) is 6.54 Å². The topological polar surface area (TPSA) is 20.9 Å². The van der Waals surface area contributed by atoms with E-state index < -0.39 is 0 Å². The zero-order valence-electron chi connectivity index (χ0n) is 9.54. The lowest BCUT2D eigenvalue weighted by Crippen LogP contribution is -2.37. The molecule has 0 aliphatic carbocycles. The van der Waals surface area contributed by atoms with Crippen molar-refractivity contribution in [3.8, 4) is 0 Å². The molecule has 2 nitrogen and oxygen atoms in total. The van der Waals surface area contributed by atoms with Gasteiger partial charge in [-0.1, -0.05) is 43.0 Å². The van der Waals surface area contributed by atoms with Crippen molar-refractivity contribution in [2.75, 3.05) is 0 Å². The number of pyridine rings is 1. The molecule has 1 heterocycles. The SMILES string of the molecule is C=Cc1cc[n+](CC(=O)c2ccccc2)cc1. The van der Waals surface area contributed by atoms with Crippen molar-refractivity contribution in [3.63, 3.8) is 0 Å². The summed E-state index contributed by atoms with van der Waals surface area (Å²) in [6.07, 6.45) is 5.55. The Bertz CT molecular complexity index is 514. The van der Waals surface area contributed by atoms with E-state index in [-0.39, 0.29) is 5.78 Å². The minimum atomic E-state index is 0.113. The maximum Gasteiger partial charge on any atom is 0.227 e. The van der Waals surface area contributed by atoms with Gasteiger partial charge in [0.15, 0.2) is 12.4 Å². The summed E-state index contributed by atoms with van der Waals surface area (Å²) in [5.74, 6) is 0.113. The van der Waals surface area contributed by atoms with E-state index in [9.17, 15) is 4.79 Å². The predicted octanol–water partition coefficient (Wildman–Crippen LogP) is 2.50. The number of aromatic nitrogens is 1. The molecule has 0 aliphatic heterocycles. The van der Waals surface area contributed by atoms with Crippen molar-refractivity contribution >= 4 is 11.9 Å². The van der Waals surface area contributed by atoms with E-state index in [2.05, 4.69) is 6.58 Å². The third kappa shape index (κ3) is 2.88. The summed E-state index contributed by atoms with van der Waals surface area (Å²) in [6, 6.07) is 13.2. The Balaban J connectivity index is 2.10. The molecule has 0 saturated carbocycles. The lowest BCUT2D eigenvalue weighted by atomic mass is 10.1. The van der Waals surface area contributed by atoms with Crippen LogP contribution in [0.3, 0.4) is 0 Å². The molecule has 0 aliphatic rings. The van der Waals surface area contributed by atoms with Gasteiger partial charge < -0.3 is 0 Å². The van der Waals surface area contributed by atoms with E-state index in [1.165, 1.54) is 0 Å². The Morgan fingerprint density at radius 1 is 1.12 bits per heavy atom. The zero-order valence-corrected chi connectivity index (χ0v) is 9.54. The van der Waals surface area contributed by atoms with Crippen molar-refractivity contribution < 1.29 is 9.36 Å². The minimum Gasteiger partial charge on any atom is -0.287 e. The van der Waals surface area contributed by atoms with Crippen LogP contribution in [0.1, 0.15) is 15.9 Å². The van der Waals surface area contributed by atoms with Crippen LogP contribution in [0.15, 0.2) is 61.4 Å². The molecule has 2 aromatic rings. The Hall–Kier alpha value is -2.22. The Kier molecular flexibility index (Phi) is 3.46. The van der Waals surface area contributed by atoms with Gasteiger partial charge in [-0.05, 0) is 5.56 Å². The quantitative estimate of drug-likeness (QED) is 0.577. The highest BCUT2D eigenvalue weighted by atomic mass is 16.1. The number of ketones is 1. The molecule has 1 aromatic heterocycles. The first-order chi connectivity index (χ1) is 8.29. The normalized spacial score (nSPS) is 9.88. The van der Waals surface area contributed by atoms with E-state index in [1.54, 1.807) is 6.08 Å². The number of hydrogen-bond acceptors (Lipinski definition) is 1. The number of hydrogen-bond donors (Lipinski definition) is 0. The average Bonchev–Trinajstić information content (AvgIpc) is 2.40. The molecule has 0 fully saturated rings. The molecule has 1 aromatic carbocycles. The van der Waals surface area contributed by atoms with Gasteiger partial charge >= 0.3 is 0 Å². The van der Waals surface area contributed by atoms with Crippen molar-refractivity contribution in [2.24, 2.45) is 0 Å². The van der Waals surface area contributed by atoms with Crippen LogP contribution < -0.4 is 4.57 Å². The molecule has 0 N–H and O–H groups in total. The third-order valence-corrected chi connectivity index (χ3v) is 2.57. The summed E-state index contributed by atoms with van der Waals surface area (Å²) in [5, 5.41) is 0. The average molecular weight is 224 g/mol. The first kappa shape index (κ1) is 11.3. The van der Waals surface area contributed by atoms with Crippen molar-refractivity contribution in [3.05, 3.63) is 72.6 Å². The van der Waals surface area contributed by atoms with Crippen molar-refractivity contribution in [1.82, 2.24) is 0 Å². The summed E-state index contributed by atoms with van der Waals surface area (Å²) in [6.45, 7) is 4.06. The van der Waals surface area contributed by atoms with Gasteiger partial charge in [0.1, 0.15) is 0 Å². The van der Waals surface area contributed by atoms with Gasteiger partial charge in [-0.2, -0.15) is 4.57 Å². The number of benzene rings is 1. The van der Waals surface area contributed by atoms with Crippen molar-refractivity contribution in [2.45, 2.75) is 6.54 Å². The standard InChI is InChI=1S/C15H14NO/c1-2-13-8-10-16(11-9-13)12-15(17)14-6-4-3-5-7-14/h2-11H,1,12H2/q+1. The van der Waals surface area contributed by atoms with Crippen LogP contribution in [-0.4, -0.2) is 5.78 Å². The fourth-order valence-electron chi connectivity index (χ4n) is 1.59. The molecule has 0 unspecified atom stereocenters. The molecule has 84 valence electrons. The highest BCUT2D eigenvalue weighted by molar-refractivity contribution is 5.94. The van der Waals surface area contributed by atoms with Crippen LogP contribution in [0.25, 0.3) is 6.08 Å². The summed E-state index contributed by atoms with van der Waals surface area (Å²) >= 11 is 0. The van der Waals surface area contributed by atoms with Gasteiger partial charge in [0.2, 0.25) is 12.3 Å². The van der Waals surface area contributed by atoms with Gasteiger partial charge in [-0.3, -0.25) is 4.79 Å². The first-order valence-corrected chi connectivity index (χ1v) is 5.49. The molecule has 0 amide bonds. The van der Waals surface area contributed by atoms with E-state index >= 15 is 0 Å². The molecule has 0 atom stereocenters. The molecule has 0 radical (unpaired) electrons. The summed E-state index contributed by atoms with van der Waals surface area (Å²) in [5.41, 5.74) is 1.79. The maximum atomic E-state index is 11.9. The summed E-state index contributed by atoms with van der Waals surface area (Å²) in [7, 11) is 0. The highest BCUT2D eigenvalue weighted by Gasteiger charge is 2.10. The fraction of sp³-hybridized carbons (Fsp3) is 0.0667. The molecular weight excluding hydrogens is 210 g/mol. The largest absolute Gasteiger partial charge is 0.287 e. The van der Waals surface area contributed by atoms with Gasteiger partial charge in [0.25, 0.3) is 0 Å². The zero-order chi connectivity index (χ0) is 12.1. The third-order valence-electron chi connectivity index (χ3n) is 2.57. The molecule has 2 heteroatoms. The fourth-order valence-corrected chi connectivity index (χ4v) is 1.59. The van der Waals surface area contributed by atoms with Crippen LogP contribution in [-0.2, 0) is 6.54 Å². The Labute approximate surface area is 101 Å². The Morgan fingerprint density at radius 2 is 1.76 bits per heavy atom. The van der Waals surface area contributed by atoms with Crippen LogP contribution in [0.2, 0.25) is 0 Å². The first-order valence-electron chi connectivity index (χ1n) is 5.49. The summed E-state index contributed by atoms with van der Waals surface area (Å²) in [4.78, 5) is 11.9. The van der Waals surface area contributed by atoms with Gasteiger partial charge in [-0.15, -0.1) is 0 Å². The Morgan fingerprint density at radius 3 is 2.35 bits per heavy atom. The lowest BCUT2D eigenvalue weighted by Gasteiger charge is -1.98. The number of rotatable bonds is 4. The monoisotopic (exact) mass is 224 g/mol. The maximum absolute atomic E-state index is 11.9. The smallest absolute Gasteiger partial charge is 0.227 e. The second kappa shape index (κ2) is 5.21. The van der Waals surface area contributed by atoms with Gasteiger partial charge in [0, 0.05) is 17.7 Å². The van der Waals surface area contributed by atoms with Crippen molar-refractivity contribution in [1.29, 1.82) is 0 Å². The predicted molar refractivity (Wildman–Crippen MR) is 67.5 cm³/mol. The van der Waals surface area contributed by atoms with E-state index in [1.807, 2.05) is 59.4 Å². The number of nitrogens with zero attached hydrogens (tertiary/aromatic N) is 1. The minimum absolute atomic E-state index is 0.113. The second-order valence-corrected chi connectivity index (χ2v) is 3.80.